The van der Waals surface area contributed by atoms with Gasteiger partial charge in [0.05, 0.1) is 6.04 Å². The van der Waals surface area contributed by atoms with Crippen molar-refractivity contribution in [2.75, 3.05) is 7.05 Å². The lowest BCUT2D eigenvalue weighted by molar-refractivity contribution is 0.200. The Kier molecular flexibility index (Phi) is 4.67. The summed E-state index contributed by atoms with van der Waals surface area (Å²) in [6.45, 7) is 6.19. The van der Waals surface area contributed by atoms with Gasteiger partial charge in [-0.05, 0) is 20.0 Å². The van der Waals surface area contributed by atoms with Gasteiger partial charge >= 0.3 is 0 Å². The van der Waals surface area contributed by atoms with Crippen LogP contribution in [0.5, 0.6) is 0 Å². The summed E-state index contributed by atoms with van der Waals surface area (Å²) in [5.41, 5.74) is 0.425. The van der Waals surface area contributed by atoms with Crippen LogP contribution in [0.1, 0.15) is 50.0 Å². The highest BCUT2D eigenvalue weighted by Crippen LogP contribution is 2.22. The van der Waals surface area contributed by atoms with E-state index in [1.54, 1.807) is 0 Å². The highest BCUT2D eigenvalue weighted by Gasteiger charge is 2.20. The molecular weight excluding hydrogens is 276 g/mol. The Labute approximate surface area is 122 Å². The van der Waals surface area contributed by atoms with Crippen molar-refractivity contribution in [2.24, 2.45) is 0 Å². The number of hydrogen-bond donors (Lipinski definition) is 0. The van der Waals surface area contributed by atoms with Gasteiger partial charge in [0.1, 0.15) is 11.6 Å². The lowest BCUT2D eigenvalue weighted by Gasteiger charge is -2.21. The number of nitrogens with zero attached hydrogens (tertiary/aromatic N) is 3. The molecule has 0 unspecified atom stereocenters. The summed E-state index contributed by atoms with van der Waals surface area (Å²) in [6, 6.07) is 3.42. The Hall–Kier alpha value is -1.82. The maximum absolute atomic E-state index is 13.7. The van der Waals surface area contributed by atoms with E-state index >= 15 is 0 Å². The topological polar surface area (TPSA) is 42.2 Å². The Morgan fingerprint density at radius 1 is 1.24 bits per heavy atom. The third-order valence-corrected chi connectivity index (χ3v) is 3.43. The largest absolute Gasteiger partial charge is 0.338 e. The van der Waals surface area contributed by atoms with Gasteiger partial charge in [-0.2, -0.15) is 4.98 Å². The summed E-state index contributed by atoms with van der Waals surface area (Å²) in [5, 5.41) is 3.92. The zero-order chi connectivity index (χ0) is 15.6. The molecule has 0 amide bonds. The van der Waals surface area contributed by atoms with Crippen molar-refractivity contribution < 1.29 is 13.3 Å². The van der Waals surface area contributed by atoms with E-state index in [0.717, 1.165) is 6.07 Å². The van der Waals surface area contributed by atoms with E-state index in [4.69, 9.17) is 4.52 Å². The maximum atomic E-state index is 13.7. The van der Waals surface area contributed by atoms with E-state index in [-0.39, 0.29) is 12.0 Å². The molecule has 114 valence electrons. The molecule has 6 heteroatoms. The van der Waals surface area contributed by atoms with Gasteiger partial charge in [0.25, 0.3) is 0 Å². The number of halogens is 2. The maximum Gasteiger partial charge on any atom is 0.243 e. The summed E-state index contributed by atoms with van der Waals surface area (Å²) in [4.78, 5) is 6.20. The first-order valence-electron chi connectivity index (χ1n) is 6.86. The Morgan fingerprint density at radius 3 is 2.52 bits per heavy atom. The molecule has 0 spiro atoms. The van der Waals surface area contributed by atoms with E-state index in [1.807, 2.05) is 32.7 Å². The van der Waals surface area contributed by atoms with E-state index in [1.165, 1.54) is 12.1 Å². The van der Waals surface area contributed by atoms with Crippen LogP contribution in [0.2, 0.25) is 0 Å². The van der Waals surface area contributed by atoms with Crippen molar-refractivity contribution in [3.8, 4) is 0 Å². The number of benzene rings is 1. The van der Waals surface area contributed by atoms with Gasteiger partial charge in [-0.15, -0.1) is 0 Å². The van der Waals surface area contributed by atoms with Gasteiger partial charge in [-0.25, -0.2) is 8.78 Å². The predicted octanol–water partition coefficient (Wildman–Crippen LogP) is 3.66. The van der Waals surface area contributed by atoms with E-state index in [2.05, 4.69) is 10.1 Å². The molecular formula is C15H19F2N3O. The average Bonchev–Trinajstić information content (AvgIpc) is 2.90. The molecule has 0 aliphatic rings. The second-order valence-electron chi connectivity index (χ2n) is 5.47. The van der Waals surface area contributed by atoms with Gasteiger partial charge < -0.3 is 4.52 Å². The molecule has 1 aromatic heterocycles. The Morgan fingerprint density at radius 2 is 1.95 bits per heavy atom. The second-order valence-corrected chi connectivity index (χ2v) is 5.47. The second kappa shape index (κ2) is 6.30. The fourth-order valence-corrected chi connectivity index (χ4v) is 1.90. The van der Waals surface area contributed by atoms with Crippen LogP contribution in [0.25, 0.3) is 0 Å². The van der Waals surface area contributed by atoms with Gasteiger partial charge in [0, 0.05) is 24.1 Å². The number of rotatable bonds is 5. The minimum atomic E-state index is -0.578. The van der Waals surface area contributed by atoms with Crippen molar-refractivity contribution in [2.45, 2.75) is 39.3 Å². The molecule has 0 saturated carbocycles. The Balaban J connectivity index is 2.09. The normalized spacial score (nSPS) is 13.1. The smallest absolute Gasteiger partial charge is 0.243 e. The standard InChI is InChI=1S/C15H19F2N3O/c1-9(2)14-18-15(21-19-14)10(3)20(4)8-11-5-6-12(16)7-13(11)17/h5-7,9-10H,8H2,1-4H3/t10-/m0/s1. The zero-order valence-electron chi connectivity index (χ0n) is 12.6. The van der Waals surface area contributed by atoms with Crippen molar-refractivity contribution in [3.63, 3.8) is 0 Å². The van der Waals surface area contributed by atoms with E-state index < -0.39 is 11.6 Å². The van der Waals surface area contributed by atoms with Crippen molar-refractivity contribution in [3.05, 3.63) is 47.1 Å². The molecule has 0 saturated heterocycles. The van der Waals surface area contributed by atoms with Crippen LogP contribution in [0, 0.1) is 11.6 Å². The molecule has 0 bridgehead atoms. The van der Waals surface area contributed by atoms with Crippen LogP contribution in [-0.2, 0) is 6.54 Å². The quantitative estimate of drug-likeness (QED) is 0.844. The minimum Gasteiger partial charge on any atom is -0.338 e. The first-order valence-corrected chi connectivity index (χ1v) is 6.86. The highest BCUT2D eigenvalue weighted by atomic mass is 19.1. The van der Waals surface area contributed by atoms with Crippen LogP contribution < -0.4 is 0 Å². The first-order chi connectivity index (χ1) is 9.88. The van der Waals surface area contributed by atoms with Gasteiger partial charge in [0.15, 0.2) is 5.82 Å². The molecule has 0 fully saturated rings. The first kappa shape index (κ1) is 15.6. The summed E-state index contributed by atoms with van der Waals surface area (Å²) in [7, 11) is 1.83. The molecule has 2 aromatic rings. The third kappa shape index (κ3) is 3.64. The van der Waals surface area contributed by atoms with Crippen LogP contribution in [-0.4, -0.2) is 22.1 Å². The van der Waals surface area contributed by atoms with Crippen molar-refractivity contribution in [1.82, 2.24) is 15.0 Å². The SMILES string of the molecule is CC(C)c1noc([C@H](C)N(C)Cc2ccc(F)cc2F)n1. The Bertz CT molecular complexity index is 613. The molecule has 0 aliphatic heterocycles. The van der Waals surface area contributed by atoms with Gasteiger partial charge in [-0.3, -0.25) is 4.90 Å². The summed E-state index contributed by atoms with van der Waals surface area (Å²) in [5.74, 6) is 0.198. The van der Waals surface area contributed by atoms with Crippen LogP contribution in [0.15, 0.2) is 22.7 Å². The number of aromatic nitrogens is 2. The lowest BCUT2D eigenvalue weighted by Crippen LogP contribution is -2.22. The predicted molar refractivity (Wildman–Crippen MR) is 74.6 cm³/mol. The molecule has 1 heterocycles. The fraction of sp³-hybridized carbons (Fsp3) is 0.467. The van der Waals surface area contributed by atoms with Crippen molar-refractivity contribution >= 4 is 0 Å². The molecule has 21 heavy (non-hydrogen) atoms. The molecule has 4 nitrogen and oxygen atoms in total. The molecule has 1 atom stereocenters. The molecule has 2 rings (SSSR count). The van der Waals surface area contributed by atoms with Gasteiger partial charge in [-0.1, -0.05) is 25.1 Å². The molecule has 0 radical (unpaired) electrons. The van der Waals surface area contributed by atoms with Crippen LogP contribution >= 0.6 is 0 Å². The van der Waals surface area contributed by atoms with Crippen LogP contribution in [0.4, 0.5) is 8.78 Å². The van der Waals surface area contributed by atoms with Crippen molar-refractivity contribution in [1.29, 1.82) is 0 Å². The molecule has 0 aliphatic carbocycles. The van der Waals surface area contributed by atoms with E-state index in [9.17, 15) is 8.78 Å². The monoisotopic (exact) mass is 295 g/mol. The van der Waals surface area contributed by atoms with Crippen LogP contribution in [0.3, 0.4) is 0 Å². The highest BCUT2D eigenvalue weighted by molar-refractivity contribution is 5.18. The average molecular weight is 295 g/mol. The molecule has 1 aromatic carbocycles. The number of hydrogen-bond acceptors (Lipinski definition) is 4. The third-order valence-electron chi connectivity index (χ3n) is 3.43. The van der Waals surface area contributed by atoms with E-state index in [0.29, 0.717) is 23.8 Å². The van der Waals surface area contributed by atoms with Gasteiger partial charge in [0.2, 0.25) is 5.89 Å². The lowest BCUT2D eigenvalue weighted by atomic mass is 10.1. The summed E-state index contributed by atoms with van der Waals surface area (Å²) in [6.07, 6.45) is 0. The summed E-state index contributed by atoms with van der Waals surface area (Å²) >= 11 is 0. The zero-order valence-corrected chi connectivity index (χ0v) is 12.6. The molecule has 0 N–H and O–H groups in total. The fourth-order valence-electron chi connectivity index (χ4n) is 1.90. The summed E-state index contributed by atoms with van der Waals surface area (Å²) < 4.78 is 31.8. The minimum absolute atomic E-state index is 0.158.